The summed E-state index contributed by atoms with van der Waals surface area (Å²) in [7, 11) is 1.69. The van der Waals surface area contributed by atoms with Gasteiger partial charge in [0, 0.05) is 6.54 Å². The number of benzene rings is 1. The van der Waals surface area contributed by atoms with Crippen LogP contribution in [-0.2, 0) is 6.42 Å². The first-order chi connectivity index (χ1) is 8.48. The molecule has 0 atom stereocenters. The van der Waals surface area contributed by atoms with E-state index in [-0.39, 0.29) is 5.41 Å². The van der Waals surface area contributed by atoms with Gasteiger partial charge in [0.1, 0.15) is 5.75 Å². The summed E-state index contributed by atoms with van der Waals surface area (Å²) in [6, 6.07) is 8.49. The molecule has 0 fully saturated rings. The molecule has 0 saturated heterocycles. The standard InChI is InChI=1S/C15H22N2O/c1-12-5-6-14(18-4)13(9-12)7-8-17-11-15(2,3)10-16/h5-6,9,17H,7-8,11H2,1-4H3. The molecule has 0 aliphatic rings. The van der Waals surface area contributed by atoms with Crippen molar-refractivity contribution in [3.63, 3.8) is 0 Å². The van der Waals surface area contributed by atoms with Gasteiger partial charge >= 0.3 is 0 Å². The van der Waals surface area contributed by atoms with E-state index in [0.717, 1.165) is 18.7 Å². The third-order valence-corrected chi connectivity index (χ3v) is 2.88. The second-order valence-electron chi connectivity index (χ2n) is 5.24. The van der Waals surface area contributed by atoms with Crippen molar-refractivity contribution in [3.05, 3.63) is 29.3 Å². The molecular weight excluding hydrogens is 224 g/mol. The quantitative estimate of drug-likeness (QED) is 0.785. The van der Waals surface area contributed by atoms with Crippen LogP contribution in [0.2, 0.25) is 0 Å². The fraction of sp³-hybridized carbons (Fsp3) is 0.533. The summed E-state index contributed by atoms with van der Waals surface area (Å²) >= 11 is 0. The Labute approximate surface area is 110 Å². The van der Waals surface area contributed by atoms with Crippen molar-refractivity contribution in [3.8, 4) is 11.8 Å². The van der Waals surface area contributed by atoms with E-state index in [4.69, 9.17) is 10.00 Å². The van der Waals surface area contributed by atoms with E-state index in [2.05, 4.69) is 30.4 Å². The molecule has 1 aromatic carbocycles. The smallest absolute Gasteiger partial charge is 0.122 e. The maximum absolute atomic E-state index is 8.92. The highest BCUT2D eigenvalue weighted by Gasteiger charge is 2.15. The van der Waals surface area contributed by atoms with Crippen LogP contribution in [-0.4, -0.2) is 20.2 Å². The SMILES string of the molecule is COc1ccc(C)cc1CCNCC(C)(C)C#N. The summed E-state index contributed by atoms with van der Waals surface area (Å²) in [5.41, 5.74) is 2.14. The van der Waals surface area contributed by atoms with Crippen molar-refractivity contribution in [1.29, 1.82) is 5.26 Å². The first-order valence-corrected chi connectivity index (χ1v) is 6.24. The summed E-state index contributed by atoms with van der Waals surface area (Å²) in [6.07, 6.45) is 0.909. The van der Waals surface area contributed by atoms with Crippen LogP contribution in [0, 0.1) is 23.7 Å². The average Bonchev–Trinajstić information content (AvgIpc) is 2.35. The van der Waals surface area contributed by atoms with E-state index >= 15 is 0 Å². The fourth-order valence-electron chi connectivity index (χ4n) is 1.77. The van der Waals surface area contributed by atoms with Gasteiger partial charge in [0.15, 0.2) is 0 Å². The summed E-state index contributed by atoms with van der Waals surface area (Å²) < 4.78 is 5.34. The molecular formula is C15H22N2O. The molecule has 0 heterocycles. The molecule has 0 spiro atoms. The Kier molecular flexibility index (Phi) is 5.18. The minimum atomic E-state index is -0.309. The maximum atomic E-state index is 8.92. The van der Waals surface area contributed by atoms with Gasteiger partial charge in [-0.3, -0.25) is 0 Å². The molecule has 0 saturated carbocycles. The number of aryl methyl sites for hydroxylation is 1. The Morgan fingerprint density at radius 1 is 1.39 bits per heavy atom. The number of rotatable bonds is 6. The molecule has 0 aromatic heterocycles. The van der Waals surface area contributed by atoms with Crippen LogP contribution in [0.25, 0.3) is 0 Å². The first-order valence-electron chi connectivity index (χ1n) is 6.24. The number of hydrogen-bond acceptors (Lipinski definition) is 3. The van der Waals surface area contributed by atoms with Crippen molar-refractivity contribution >= 4 is 0 Å². The van der Waals surface area contributed by atoms with Gasteiger partial charge in [0.05, 0.1) is 18.6 Å². The highest BCUT2D eigenvalue weighted by molar-refractivity contribution is 5.37. The number of hydrogen-bond donors (Lipinski definition) is 1. The molecule has 0 bridgehead atoms. The Hall–Kier alpha value is -1.53. The zero-order chi connectivity index (χ0) is 13.6. The first kappa shape index (κ1) is 14.5. The number of methoxy groups -OCH3 is 1. The molecule has 0 aliphatic heterocycles. The van der Waals surface area contributed by atoms with Crippen LogP contribution >= 0.6 is 0 Å². The second-order valence-corrected chi connectivity index (χ2v) is 5.24. The predicted molar refractivity (Wildman–Crippen MR) is 73.7 cm³/mol. The van der Waals surface area contributed by atoms with E-state index < -0.39 is 0 Å². The van der Waals surface area contributed by atoms with Gasteiger partial charge < -0.3 is 10.1 Å². The van der Waals surface area contributed by atoms with Gasteiger partial charge in [-0.25, -0.2) is 0 Å². The predicted octanol–water partition coefficient (Wildman–Crippen LogP) is 2.69. The Morgan fingerprint density at radius 3 is 2.72 bits per heavy atom. The fourth-order valence-corrected chi connectivity index (χ4v) is 1.77. The van der Waals surface area contributed by atoms with Crippen LogP contribution < -0.4 is 10.1 Å². The number of nitriles is 1. The Morgan fingerprint density at radius 2 is 2.11 bits per heavy atom. The maximum Gasteiger partial charge on any atom is 0.122 e. The molecule has 1 aromatic rings. The van der Waals surface area contributed by atoms with E-state index in [9.17, 15) is 0 Å². The summed E-state index contributed by atoms with van der Waals surface area (Å²) in [4.78, 5) is 0. The molecule has 0 unspecified atom stereocenters. The van der Waals surface area contributed by atoms with Gasteiger partial charge in [-0.1, -0.05) is 17.7 Å². The molecule has 18 heavy (non-hydrogen) atoms. The molecule has 0 amide bonds. The van der Waals surface area contributed by atoms with E-state index in [1.807, 2.05) is 19.9 Å². The largest absolute Gasteiger partial charge is 0.496 e. The Balaban J connectivity index is 2.49. The number of nitrogens with one attached hydrogen (secondary N) is 1. The minimum absolute atomic E-state index is 0.309. The lowest BCUT2D eigenvalue weighted by atomic mass is 9.96. The summed E-state index contributed by atoms with van der Waals surface area (Å²) in [6.45, 7) is 7.51. The number of nitrogens with zero attached hydrogens (tertiary/aromatic N) is 1. The molecule has 3 nitrogen and oxygen atoms in total. The molecule has 0 aliphatic carbocycles. The summed E-state index contributed by atoms with van der Waals surface area (Å²) in [5, 5.41) is 12.2. The van der Waals surface area contributed by atoms with Crippen LogP contribution in [0.1, 0.15) is 25.0 Å². The highest BCUT2D eigenvalue weighted by atomic mass is 16.5. The highest BCUT2D eigenvalue weighted by Crippen LogP contribution is 2.20. The van der Waals surface area contributed by atoms with Crippen LogP contribution in [0.15, 0.2) is 18.2 Å². The topological polar surface area (TPSA) is 45.0 Å². The van der Waals surface area contributed by atoms with Crippen LogP contribution in [0.4, 0.5) is 0 Å². The zero-order valence-corrected chi connectivity index (χ0v) is 11.7. The van der Waals surface area contributed by atoms with Crippen LogP contribution in [0.3, 0.4) is 0 Å². The normalized spacial score (nSPS) is 11.1. The third-order valence-electron chi connectivity index (χ3n) is 2.88. The van der Waals surface area contributed by atoms with Crippen molar-refractivity contribution in [2.45, 2.75) is 27.2 Å². The second kappa shape index (κ2) is 6.42. The van der Waals surface area contributed by atoms with E-state index in [0.29, 0.717) is 6.54 Å². The molecule has 1 N–H and O–H groups in total. The molecule has 1 rings (SSSR count). The molecule has 98 valence electrons. The minimum Gasteiger partial charge on any atom is -0.496 e. The van der Waals surface area contributed by atoms with Crippen molar-refractivity contribution < 1.29 is 4.74 Å². The van der Waals surface area contributed by atoms with Gasteiger partial charge in [0.2, 0.25) is 0 Å². The summed E-state index contributed by atoms with van der Waals surface area (Å²) in [5.74, 6) is 0.932. The van der Waals surface area contributed by atoms with E-state index in [1.54, 1.807) is 7.11 Å². The zero-order valence-electron chi connectivity index (χ0n) is 11.7. The molecule has 3 heteroatoms. The molecule has 0 radical (unpaired) electrons. The lowest BCUT2D eigenvalue weighted by molar-refractivity contribution is 0.407. The Bertz CT molecular complexity index is 433. The van der Waals surface area contributed by atoms with Crippen molar-refractivity contribution in [1.82, 2.24) is 5.32 Å². The van der Waals surface area contributed by atoms with Gasteiger partial charge in [-0.15, -0.1) is 0 Å². The van der Waals surface area contributed by atoms with E-state index in [1.165, 1.54) is 11.1 Å². The number of ether oxygens (including phenoxy) is 1. The van der Waals surface area contributed by atoms with Gasteiger partial charge in [-0.05, 0) is 45.4 Å². The van der Waals surface area contributed by atoms with Crippen molar-refractivity contribution in [2.24, 2.45) is 5.41 Å². The average molecular weight is 246 g/mol. The third kappa shape index (κ3) is 4.38. The van der Waals surface area contributed by atoms with Crippen LogP contribution in [0.5, 0.6) is 5.75 Å². The van der Waals surface area contributed by atoms with Gasteiger partial charge in [-0.2, -0.15) is 5.26 Å². The lowest BCUT2D eigenvalue weighted by Crippen LogP contribution is -2.29. The monoisotopic (exact) mass is 246 g/mol. The van der Waals surface area contributed by atoms with Crippen molar-refractivity contribution in [2.75, 3.05) is 20.2 Å². The lowest BCUT2D eigenvalue weighted by Gasteiger charge is -2.16. The van der Waals surface area contributed by atoms with Gasteiger partial charge in [0.25, 0.3) is 0 Å².